The Morgan fingerprint density at radius 3 is 2.46 bits per heavy atom. The minimum atomic E-state index is -0.767. The van der Waals surface area contributed by atoms with E-state index in [1.807, 2.05) is 0 Å². The first-order chi connectivity index (χ1) is 12.4. The maximum absolute atomic E-state index is 12.1. The molecule has 0 bridgehead atoms. The normalized spacial score (nSPS) is 10.9. The number of hydrogen-bond acceptors (Lipinski definition) is 7. The van der Waals surface area contributed by atoms with E-state index in [2.05, 4.69) is 4.74 Å². The van der Waals surface area contributed by atoms with Gasteiger partial charge in [0, 0.05) is 11.8 Å². The average Bonchev–Trinajstić information content (AvgIpc) is 2.64. The van der Waals surface area contributed by atoms with Crippen LogP contribution in [0, 0.1) is 10.1 Å². The van der Waals surface area contributed by atoms with Gasteiger partial charge < -0.3 is 15.2 Å². The van der Waals surface area contributed by atoms with Gasteiger partial charge in [-0.05, 0) is 24.3 Å². The first-order valence-corrected chi connectivity index (χ1v) is 7.48. The second kappa shape index (κ2) is 8.43. The molecule has 0 radical (unpaired) electrons. The molecule has 0 aliphatic rings. The monoisotopic (exact) mass is 356 g/mol. The molecule has 0 fully saturated rings. The smallest absolute Gasteiger partial charge is 0.340 e. The molecule has 0 atom stereocenters. The van der Waals surface area contributed by atoms with Gasteiger partial charge in [-0.25, -0.2) is 9.59 Å². The Bertz CT molecular complexity index is 875. The second-order valence-electron chi connectivity index (χ2n) is 5.14. The summed E-state index contributed by atoms with van der Waals surface area (Å²) in [5.74, 6) is -1.49. The molecule has 2 N–H and O–H groups in total. The molecule has 0 aliphatic heterocycles. The Hall–Kier alpha value is -3.68. The fourth-order valence-electron chi connectivity index (χ4n) is 2.16. The zero-order valence-corrected chi connectivity index (χ0v) is 13.9. The number of carbonyl (C=O) groups excluding carboxylic acids is 2. The molecule has 0 spiro atoms. The quantitative estimate of drug-likeness (QED) is 0.277. The number of nitro groups is 1. The summed E-state index contributed by atoms with van der Waals surface area (Å²) in [4.78, 5) is 34.6. The number of methoxy groups -OCH3 is 1. The third kappa shape index (κ3) is 4.44. The number of esters is 2. The van der Waals surface area contributed by atoms with Crippen LogP contribution in [0.2, 0.25) is 0 Å². The molecule has 0 saturated carbocycles. The van der Waals surface area contributed by atoms with Crippen LogP contribution in [0.5, 0.6) is 0 Å². The topological polar surface area (TPSA) is 122 Å². The van der Waals surface area contributed by atoms with Gasteiger partial charge in [-0.2, -0.15) is 0 Å². The highest BCUT2D eigenvalue weighted by atomic mass is 16.6. The number of anilines is 1. The Morgan fingerprint density at radius 2 is 1.81 bits per heavy atom. The van der Waals surface area contributed by atoms with Crippen molar-refractivity contribution in [2.24, 2.45) is 0 Å². The maximum atomic E-state index is 12.1. The number of para-hydroxylation sites is 2. The van der Waals surface area contributed by atoms with Crippen LogP contribution in [0.1, 0.15) is 15.9 Å². The summed E-state index contributed by atoms with van der Waals surface area (Å²) in [5, 5.41) is 11.1. The van der Waals surface area contributed by atoms with Crippen LogP contribution < -0.4 is 5.73 Å². The van der Waals surface area contributed by atoms with Crippen LogP contribution in [-0.4, -0.2) is 30.6 Å². The van der Waals surface area contributed by atoms with E-state index in [0.29, 0.717) is 0 Å². The van der Waals surface area contributed by atoms with Crippen molar-refractivity contribution in [2.75, 3.05) is 19.5 Å². The van der Waals surface area contributed by atoms with Gasteiger partial charge in [0.2, 0.25) is 0 Å². The Labute approximate surface area is 149 Å². The number of hydrogen-bond donors (Lipinski definition) is 1. The molecule has 0 aromatic heterocycles. The van der Waals surface area contributed by atoms with Crippen LogP contribution in [0.3, 0.4) is 0 Å². The van der Waals surface area contributed by atoms with Crippen molar-refractivity contribution in [2.45, 2.75) is 0 Å². The van der Waals surface area contributed by atoms with Gasteiger partial charge in [0.15, 0.2) is 0 Å². The molecule has 26 heavy (non-hydrogen) atoms. The van der Waals surface area contributed by atoms with Crippen LogP contribution >= 0.6 is 0 Å². The van der Waals surface area contributed by atoms with Gasteiger partial charge in [-0.3, -0.25) is 10.1 Å². The molecule has 0 heterocycles. The van der Waals surface area contributed by atoms with Gasteiger partial charge in [-0.15, -0.1) is 0 Å². The lowest BCUT2D eigenvalue weighted by molar-refractivity contribution is -0.385. The first kappa shape index (κ1) is 18.7. The van der Waals surface area contributed by atoms with Crippen molar-refractivity contribution in [1.82, 2.24) is 0 Å². The minimum Gasteiger partial charge on any atom is -0.466 e. The molecular weight excluding hydrogens is 340 g/mol. The summed E-state index contributed by atoms with van der Waals surface area (Å²) >= 11 is 0. The fraction of sp³-hybridized carbons (Fsp3) is 0.111. The first-order valence-electron chi connectivity index (χ1n) is 7.48. The third-order valence-corrected chi connectivity index (χ3v) is 3.45. The molecule has 2 rings (SSSR count). The second-order valence-corrected chi connectivity index (χ2v) is 5.14. The number of carbonyl (C=O) groups is 2. The van der Waals surface area contributed by atoms with E-state index in [4.69, 9.17) is 10.5 Å². The molecule has 0 aliphatic carbocycles. The number of nitrogens with zero attached hydrogens (tertiary/aromatic N) is 1. The van der Waals surface area contributed by atoms with Crippen molar-refractivity contribution < 1.29 is 24.0 Å². The van der Waals surface area contributed by atoms with Crippen LogP contribution in [-0.2, 0) is 14.3 Å². The SMILES string of the molecule is COC(=O)/C(=C/c1ccccc1[N+](=O)[O-])COC(=O)c1ccccc1N. The zero-order valence-electron chi connectivity index (χ0n) is 13.9. The largest absolute Gasteiger partial charge is 0.466 e. The highest BCUT2D eigenvalue weighted by Crippen LogP contribution is 2.21. The van der Waals surface area contributed by atoms with Crippen molar-refractivity contribution in [3.8, 4) is 0 Å². The van der Waals surface area contributed by atoms with E-state index in [1.54, 1.807) is 24.3 Å². The molecule has 134 valence electrons. The molecule has 2 aromatic rings. The Morgan fingerprint density at radius 1 is 1.15 bits per heavy atom. The van der Waals surface area contributed by atoms with Crippen molar-refractivity contribution in [3.05, 3.63) is 75.3 Å². The van der Waals surface area contributed by atoms with Crippen LogP contribution in [0.25, 0.3) is 6.08 Å². The zero-order chi connectivity index (χ0) is 19.1. The number of benzene rings is 2. The number of nitrogen functional groups attached to an aromatic ring is 1. The van der Waals surface area contributed by atoms with Crippen molar-refractivity contribution >= 4 is 29.4 Å². The van der Waals surface area contributed by atoms with E-state index < -0.39 is 23.5 Å². The van der Waals surface area contributed by atoms with Gasteiger partial charge in [-0.1, -0.05) is 24.3 Å². The van der Waals surface area contributed by atoms with E-state index in [1.165, 1.54) is 30.3 Å². The molecule has 0 amide bonds. The summed E-state index contributed by atoms with van der Waals surface area (Å²) in [6.45, 7) is -0.425. The highest BCUT2D eigenvalue weighted by molar-refractivity contribution is 5.97. The van der Waals surface area contributed by atoms with E-state index >= 15 is 0 Å². The third-order valence-electron chi connectivity index (χ3n) is 3.45. The molecule has 0 unspecified atom stereocenters. The van der Waals surface area contributed by atoms with Crippen molar-refractivity contribution in [1.29, 1.82) is 0 Å². The molecular formula is C18H16N2O6. The number of nitrogens with two attached hydrogens (primary N) is 1. The summed E-state index contributed by atoms with van der Waals surface area (Å²) in [5.41, 5.74) is 6.05. The van der Waals surface area contributed by atoms with E-state index in [0.717, 1.165) is 7.11 Å². The summed E-state index contributed by atoms with van der Waals surface area (Å²) in [7, 11) is 1.16. The Balaban J connectivity index is 2.26. The van der Waals surface area contributed by atoms with Crippen LogP contribution in [0.15, 0.2) is 54.1 Å². The van der Waals surface area contributed by atoms with Gasteiger partial charge >= 0.3 is 11.9 Å². The summed E-state index contributed by atoms with van der Waals surface area (Å²) in [6.07, 6.45) is 1.26. The average molecular weight is 356 g/mol. The highest BCUT2D eigenvalue weighted by Gasteiger charge is 2.18. The van der Waals surface area contributed by atoms with Crippen molar-refractivity contribution in [3.63, 3.8) is 0 Å². The molecule has 2 aromatic carbocycles. The lowest BCUT2D eigenvalue weighted by atomic mass is 10.1. The summed E-state index contributed by atoms with van der Waals surface area (Å²) < 4.78 is 9.76. The standard InChI is InChI=1S/C18H16N2O6/c1-25-17(21)13(10-12-6-2-5-9-16(12)20(23)24)11-26-18(22)14-7-3-4-8-15(14)19/h2-10H,11,19H2,1H3/b13-10+. The lowest BCUT2D eigenvalue weighted by Gasteiger charge is -2.09. The van der Waals surface area contributed by atoms with Gasteiger partial charge in [0.05, 0.1) is 28.7 Å². The fourth-order valence-corrected chi connectivity index (χ4v) is 2.16. The number of nitro benzene ring substituents is 1. The van der Waals surface area contributed by atoms with E-state index in [-0.39, 0.29) is 28.1 Å². The molecule has 0 saturated heterocycles. The molecule has 8 nitrogen and oxygen atoms in total. The Kier molecular flexibility index (Phi) is 6.05. The maximum Gasteiger partial charge on any atom is 0.340 e. The number of rotatable bonds is 6. The minimum absolute atomic E-state index is 0.0512. The van der Waals surface area contributed by atoms with Gasteiger partial charge in [0.25, 0.3) is 5.69 Å². The number of ether oxygens (including phenoxy) is 2. The van der Waals surface area contributed by atoms with Gasteiger partial charge in [0.1, 0.15) is 6.61 Å². The van der Waals surface area contributed by atoms with E-state index in [9.17, 15) is 19.7 Å². The predicted octanol–water partition coefficient (Wildman–Crippen LogP) is 2.59. The molecule has 8 heteroatoms. The van der Waals surface area contributed by atoms with Crippen LogP contribution in [0.4, 0.5) is 11.4 Å². The summed E-state index contributed by atoms with van der Waals surface area (Å²) in [6, 6.07) is 12.2. The predicted molar refractivity (Wildman–Crippen MR) is 94.2 cm³/mol. The lowest BCUT2D eigenvalue weighted by Crippen LogP contribution is -2.15.